The Morgan fingerprint density at radius 1 is 1.03 bits per heavy atom. The van der Waals surface area contributed by atoms with Crippen LogP contribution in [0.3, 0.4) is 0 Å². The van der Waals surface area contributed by atoms with Gasteiger partial charge in [0.2, 0.25) is 5.91 Å². The predicted octanol–water partition coefficient (Wildman–Crippen LogP) is 3.61. The molecule has 1 atom stereocenters. The molecule has 2 bridgehead atoms. The van der Waals surface area contributed by atoms with E-state index in [0.29, 0.717) is 24.9 Å². The molecule has 1 unspecified atom stereocenters. The molecule has 4 heterocycles. The molecule has 2 amide bonds. The van der Waals surface area contributed by atoms with Crippen molar-refractivity contribution in [2.24, 2.45) is 5.92 Å². The van der Waals surface area contributed by atoms with Crippen molar-refractivity contribution in [2.75, 3.05) is 32.7 Å². The normalized spacial score (nSPS) is 24.6. The Morgan fingerprint density at radius 3 is 2.54 bits per heavy atom. The van der Waals surface area contributed by atoms with E-state index < -0.39 is 6.10 Å². The second-order valence-corrected chi connectivity index (χ2v) is 11.8. The molecule has 4 aliphatic heterocycles. The van der Waals surface area contributed by atoms with E-state index in [1.807, 2.05) is 9.80 Å². The van der Waals surface area contributed by atoms with Crippen LogP contribution in [0, 0.1) is 5.92 Å². The van der Waals surface area contributed by atoms with Gasteiger partial charge in [0, 0.05) is 57.8 Å². The minimum Gasteiger partial charge on any atom is -0.390 e. The summed E-state index contributed by atoms with van der Waals surface area (Å²) in [5.41, 5.74) is 6.03. The van der Waals surface area contributed by atoms with Crippen LogP contribution in [0.25, 0.3) is 0 Å². The van der Waals surface area contributed by atoms with Crippen LogP contribution in [0.1, 0.15) is 71.1 Å². The van der Waals surface area contributed by atoms with Crippen LogP contribution < -0.4 is 0 Å². The number of carbonyl (C=O) groups excluding carboxylic acids is 2. The van der Waals surface area contributed by atoms with Gasteiger partial charge in [-0.2, -0.15) is 0 Å². The number of hydrogen-bond donors (Lipinski definition) is 1. The first kappa shape index (κ1) is 24.6. The first-order valence-electron chi connectivity index (χ1n) is 14.1. The van der Waals surface area contributed by atoms with E-state index in [1.54, 1.807) is 6.92 Å². The van der Waals surface area contributed by atoms with Crippen molar-refractivity contribution in [1.82, 2.24) is 14.7 Å². The molecule has 2 aromatic rings. The second kappa shape index (κ2) is 10.2. The minimum absolute atomic E-state index is 0.0938. The molecule has 1 aliphatic carbocycles. The maximum atomic E-state index is 13.8. The lowest BCUT2D eigenvalue weighted by atomic mass is 9.75. The summed E-state index contributed by atoms with van der Waals surface area (Å²) in [6, 6.07) is 15.4. The molecule has 196 valence electrons. The number of β-amino-alcohol motifs (C(OH)–C–C–N with tert-alkyl or cyclic N) is 1. The van der Waals surface area contributed by atoms with E-state index in [1.165, 1.54) is 22.3 Å². The summed E-state index contributed by atoms with van der Waals surface area (Å²) in [4.78, 5) is 31.7. The van der Waals surface area contributed by atoms with Gasteiger partial charge in [0.25, 0.3) is 5.91 Å². The van der Waals surface area contributed by atoms with E-state index in [9.17, 15) is 14.7 Å². The lowest BCUT2D eigenvalue weighted by Gasteiger charge is -2.41. The zero-order chi connectivity index (χ0) is 25.5. The molecule has 7 rings (SSSR count). The van der Waals surface area contributed by atoms with Gasteiger partial charge in [0.05, 0.1) is 6.10 Å². The summed E-state index contributed by atoms with van der Waals surface area (Å²) < 4.78 is 0. The Labute approximate surface area is 220 Å². The topological polar surface area (TPSA) is 64.1 Å². The van der Waals surface area contributed by atoms with Crippen molar-refractivity contribution >= 4 is 11.8 Å². The molecule has 1 N–H and O–H groups in total. The molecule has 1 saturated heterocycles. The highest BCUT2D eigenvalue weighted by Crippen LogP contribution is 2.45. The molecular weight excluding hydrogens is 462 g/mol. The third-order valence-electron chi connectivity index (χ3n) is 9.27. The summed E-state index contributed by atoms with van der Waals surface area (Å²) in [5.74, 6) is 1.27. The van der Waals surface area contributed by atoms with E-state index in [-0.39, 0.29) is 17.9 Å². The summed E-state index contributed by atoms with van der Waals surface area (Å²) in [6.07, 6.45) is 5.48. The second-order valence-electron chi connectivity index (χ2n) is 11.8. The van der Waals surface area contributed by atoms with Crippen molar-refractivity contribution < 1.29 is 14.7 Å². The lowest BCUT2D eigenvalue weighted by Crippen LogP contribution is -2.49. The zero-order valence-electron chi connectivity index (χ0n) is 21.9. The van der Waals surface area contributed by atoms with Crippen LogP contribution in [0.4, 0.5) is 0 Å². The molecule has 0 aromatic heterocycles. The van der Waals surface area contributed by atoms with Crippen LogP contribution in [0.5, 0.6) is 0 Å². The van der Waals surface area contributed by atoms with Gasteiger partial charge in [0.1, 0.15) is 0 Å². The first-order valence-corrected chi connectivity index (χ1v) is 14.1. The molecular formula is C31H39N3O3. The zero-order valence-corrected chi connectivity index (χ0v) is 21.9. The quantitative estimate of drug-likeness (QED) is 0.657. The number of hydrogen-bond acceptors (Lipinski definition) is 4. The van der Waals surface area contributed by atoms with Crippen LogP contribution in [-0.4, -0.2) is 76.5 Å². The number of amides is 2. The maximum absolute atomic E-state index is 13.8. The van der Waals surface area contributed by atoms with E-state index >= 15 is 0 Å². The minimum atomic E-state index is -0.551. The number of likely N-dealkylation sites (tertiary alicyclic amines) is 1. The van der Waals surface area contributed by atoms with Crippen LogP contribution in [0.15, 0.2) is 42.5 Å². The first-order chi connectivity index (χ1) is 17.9. The van der Waals surface area contributed by atoms with E-state index in [2.05, 4.69) is 47.4 Å². The Bertz CT molecular complexity index is 1170. The third-order valence-corrected chi connectivity index (χ3v) is 9.27. The predicted molar refractivity (Wildman–Crippen MR) is 143 cm³/mol. The maximum Gasteiger partial charge on any atom is 0.254 e. The Hall–Kier alpha value is -2.70. The molecule has 6 heteroatoms. The highest BCUT2D eigenvalue weighted by molar-refractivity contribution is 5.97. The van der Waals surface area contributed by atoms with E-state index in [4.69, 9.17) is 0 Å². The SMILES string of the molecule is CC(=O)N1CCC(Cc2ccc3c(c2)C(=O)N(CC(O)CN2CCc4ccccc4C2)C2CC3C2)CC1. The number of rotatable bonds is 6. The van der Waals surface area contributed by atoms with Gasteiger partial charge in [-0.3, -0.25) is 14.5 Å². The highest BCUT2D eigenvalue weighted by Gasteiger charge is 2.43. The van der Waals surface area contributed by atoms with Crippen LogP contribution >= 0.6 is 0 Å². The average Bonchev–Trinajstić information content (AvgIpc) is 3.05. The van der Waals surface area contributed by atoms with Crippen LogP contribution in [0.2, 0.25) is 0 Å². The molecule has 2 fully saturated rings. The molecule has 5 aliphatic rings. The fraction of sp³-hybridized carbons (Fsp3) is 0.548. The van der Waals surface area contributed by atoms with Crippen molar-refractivity contribution in [2.45, 2.75) is 70.1 Å². The van der Waals surface area contributed by atoms with Gasteiger partial charge >= 0.3 is 0 Å². The van der Waals surface area contributed by atoms with Gasteiger partial charge < -0.3 is 14.9 Å². The molecule has 6 nitrogen and oxygen atoms in total. The smallest absolute Gasteiger partial charge is 0.254 e. The van der Waals surface area contributed by atoms with E-state index in [0.717, 1.165) is 70.3 Å². The fourth-order valence-corrected chi connectivity index (χ4v) is 7.00. The standard InChI is InChI=1S/C31H39N3O3/c1-21(35)33-12-8-22(9-13-33)14-23-6-7-29-26-16-27(17-26)34(31(37)30(29)15-23)20-28(36)19-32-11-10-24-4-2-3-5-25(24)18-32/h2-7,15,22,26-28,36H,8-14,16-20H2,1H3. The number of nitrogens with zero attached hydrogens (tertiary/aromatic N) is 3. The van der Waals surface area contributed by atoms with Gasteiger partial charge in [-0.05, 0) is 78.7 Å². The number of fused-ring (bicyclic) bond motifs is 2. The summed E-state index contributed by atoms with van der Waals surface area (Å²) in [5, 5.41) is 11.1. The van der Waals surface area contributed by atoms with Gasteiger partial charge in [-0.25, -0.2) is 0 Å². The Morgan fingerprint density at radius 2 is 1.78 bits per heavy atom. The Balaban J connectivity index is 1.11. The molecule has 37 heavy (non-hydrogen) atoms. The fourth-order valence-electron chi connectivity index (χ4n) is 7.00. The van der Waals surface area contributed by atoms with Crippen molar-refractivity contribution in [3.63, 3.8) is 0 Å². The van der Waals surface area contributed by atoms with Crippen LogP contribution in [-0.2, 0) is 24.2 Å². The molecule has 1 saturated carbocycles. The monoisotopic (exact) mass is 501 g/mol. The van der Waals surface area contributed by atoms with Gasteiger partial charge in [-0.15, -0.1) is 0 Å². The third kappa shape index (κ3) is 5.06. The summed E-state index contributed by atoms with van der Waals surface area (Å²) in [6.45, 7) is 6.14. The average molecular weight is 502 g/mol. The lowest BCUT2D eigenvalue weighted by molar-refractivity contribution is -0.130. The number of carbonyl (C=O) groups is 2. The number of piperidine rings is 1. The number of aliphatic hydroxyl groups excluding tert-OH is 1. The highest BCUT2D eigenvalue weighted by atomic mass is 16.3. The van der Waals surface area contributed by atoms with Gasteiger partial charge in [-0.1, -0.05) is 36.4 Å². The van der Waals surface area contributed by atoms with Crippen molar-refractivity contribution in [3.8, 4) is 0 Å². The van der Waals surface area contributed by atoms with Crippen molar-refractivity contribution in [3.05, 3.63) is 70.3 Å². The summed E-state index contributed by atoms with van der Waals surface area (Å²) >= 11 is 0. The van der Waals surface area contributed by atoms with Gasteiger partial charge in [0.15, 0.2) is 0 Å². The Kier molecular flexibility index (Phi) is 6.80. The molecule has 0 radical (unpaired) electrons. The molecule has 0 spiro atoms. The number of benzene rings is 2. The molecule has 2 aromatic carbocycles. The largest absolute Gasteiger partial charge is 0.390 e. The number of aliphatic hydroxyl groups is 1. The summed E-state index contributed by atoms with van der Waals surface area (Å²) in [7, 11) is 0. The van der Waals surface area contributed by atoms with Crippen molar-refractivity contribution in [1.29, 1.82) is 0 Å².